The number of benzene rings is 2. The first-order valence-electron chi connectivity index (χ1n) is 11.0. The number of carbonyl (C=O) groups is 1. The Kier molecular flexibility index (Phi) is 5.60. The molecule has 1 unspecified atom stereocenters. The third kappa shape index (κ3) is 3.85. The van der Waals surface area contributed by atoms with E-state index in [4.69, 9.17) is 4.98 Å². The summed E-state index contributed by atoms with van der Waals surface area (Å²) in [5, 5.41) is 5.57. The molecule has 1 amide bonds. The van der Waals surface area contributed by atoms with Gasteiger partial charge >= 0.3 is 0 Å². The van der Waals surface area contributed by atoms with E-state index in [1.165, 1.54) is 0 Å². The first-order valence-corrected chi connectivity index (χ1v) is 11.0. The zero-order valence-corrected chi connectivity index (χ0v) is 18.0. The van der Waals surface area contributed by atoms with Crippen molar-refractivity contribution in [1.29, 1.82) is 0 Å². The number of hydrogen-bond acceptors (Lipinski definition) is 5. The van der Waals surface area contributed by atoms with Gasteiger partial charge in [-0.2, -0.15) is 0 Å². The molecule has 6 nitrogen and oxygen atoms in total. The van der Waals surface area contributed by atoms with E-state index in [-0.39, 0.29) is 11.9 Å². The molecule has 3 heterocycles. The molecule has 1 N–H and O–H groups in total. The lowest BCUT2D eigenvalue weighted by Crippen LogP contribution is -2.49. The summed E-state index contributed by atoms with van der Waals surface area (Å²) in [7, 11) is 0. The molecule has 6 heteroatoms. The summed E-state index contributed by atoms with van der Waals surface area (Å²) < 4.78 is 0. The van der Waals surface area contributed by atoms with Crippen LogP contribution in [-0.4, -0.2) is 40.0 Å². The van der Waals surface area contributed by atoms with Crippen molar-refractivity contribution in [3.05, 3.63) is 84.4 Å². The van der Waals surface area contributed by atoms with Crippen molar-refractivity contribution in [2.45, 2.75) is 25.8 Å². The SMILES string of the molecule is Cc1cccc2ccnc(N(C(=O)c3ccc(-c4cnccn4)cc3)C3CCCNC3)c12. The van der Waals surface area contributed by atoms with Crippen molar-refractivity contribution < 1.29 is 4.79 Å². The molecule has 5 rings (SSSR count). The molecule has 1 aliphatic rings. The average molecular weight is 424 g/mol. The van der Waals surface area contributed by atoms with Gasteiger partial charge in [0.25, 0.3) is 5.91 Å². The Morgan fingerprint density at radius 3 is 2.66 bits per heavy atom. The quantitative estimate of drug-likeness (QED) is 0.527. The highest BCUT2D eigenvalue weighted by Gasteiger charge is 2.30. The number of anilines is 1. The molecule has 0 aliphatic carbocycles. The van der Waals surface area contributed by atoms with E-state index in [0.717, 1.165) is 59.3 Å². The first kappa shape index (κ1) is 20.3. The Balaban J connectivity index is 1.57. The van der Waals surface area contributed by atoms with E-state index in [9.17, 15) is 4.79 Å². The molecule has 0 radical (unpaired) electrons. The van der Waals surface area contributed by atoms with Crippen LogP contribution in [0.4, 0.5) is 5.82 Å². The molecule has 1 aliphatic heterocycles. The summed E-state index contributed by atoms with van der Waals surface area (Å²) in [5.74, 6) is 0.699. The smallest absolute Gasteiger partial charge is 0.259 e. The maximum Gasteiger partial charge on any atom is 0.259 e. The van der Waals surface area contributed by atoms with Gasteiger partial charge in [-0.05, 0) is 55.5 Å². The molecule has 1 saturated heterocycles. The van der Waals surface area contributed by atoms with Crippen LogP contribution < -0.4 is 10.2 Å². The first-order chi connectivity index (χ1) is 15.7. The summed E-state index contributed by atoms with van der Waals surface area (Å²) in [6.45, 7) is 3.81. The predicted molar refractivity (Wildman–Crippen MR) is 127 cm³/mol. The van der Waals surface area contributed by atoms with Crippen molar-refractivity contribution in [2.75, 3.05) is 18.0 Å². The summed E-state index contributed by atoms with van der Waals surface area (Å²) in [5.41, 5.74) is 3.46. The van der Waals surface area contributed by atoms with E-state index < -0.39 is 0 Å². The van der Waals surface area contributed by atoms with Gasteiger partial charge in [0.1, 0.15) is 5.82 Å². The van der Waals surface area contributed by atoms with Gasteiger partial charge < -0.3 is 5.32 Å². The summed E-state index contributed by atoms with van der Waals surface area (Å²) >= 11 is 0. The number of rotatable bonds is 4. The van der Waals surface area contributed by atoms with Gasteiger partial charge in [-0.1, -0.05) is 30.3 Å². The highest BCUT2D eigenvalue weighted by Crippen LogP contribution is 2.31. The Hall–Kier alpha value is -3.64. The Morgan fingerprint density at radius 2 is 1.91 bits per heavy atom. The van der Waals surface area contributed by atoms with Crippen molar-refractivity contribution in [3.63, 3.8) is 0 Å². The lowest BCUT2D eigenvalue weighted by Gasteiger charge is -2.35. The summed E-state index contributed by atoms with van der Waals surface area (Å²) in [4.78, 5) is 29.0. The molecular formula is C26H25N5O. The second-order valence-electron chi connectivity index (χ2n) is 8.15. The van der Waals surface area contributed by atoms with Crippen LogP contribution in [0, 0.1) is 6.92 Å². The van der Waals surface area contributed by atoms with E-state index in [1.807, 2.05) is 41.3 Å². The highest BCUT2D eigenvalue weighted by molar-refractivity contribution is 6.10. The third-order valence-corrected chi connectivity index (χ3v) is 6.05. The van der Waals surface area contributed by atoms with Crippen molar-refractivity contribution in [1.82, 2.24) is 20.3 Å². The van der Waals surface area contributed by atoms with Crippen molar-refractivity contribution >= 4 is 22.5 Å². The van der Waals surface area contributed by atoms with E-state index in [1.54, 1.807) is 24.8 Å². The summed E-state index contributed by atoms with van der Waals surface area (Å²) in [6.07, 6.45) is 8.81. The lowest BCUT2D eigenvalue weighted by atomic mass is 10.0. The number of aromatic nitrogens is 3. The van der Waals surface area contributed by atoms with E-state index in [2.05, 4.69) is 34.3 Å². The third-order valence-electron chi connectivity index (χ3n) is 6.05. The fraction of sp³-hybridized carbons (Fsp3) is 0.231. The number of fused-ring (bicyclic) bond motifs is 1. The topological polar surface area (TPSA) is 71.0 Å². The second-order valence-corrected chi connectivity index (χ2v) is 8.15. The molecule has 1 fully saturated rings. The Labute approximate surface area is 187 Å². The van der Waals surface area contributed by atoms with Crippen LogP contribution in [0.1, 0.15) is 28.8 Å². The molecule has 32 heavy (non-hydrogen) atoms. The van der Waals surface area contributed by atoms with Crippen LogP contribution in [0.3, 0.4) is 0 Å². The number of hydrogen-bond donors (Lipinski definition) is 1. The number of piperidine rings is 1. The van der Waals surface area contributed by atoms with E-state index in [0.29, 0.717) is 5.56 Å². The molecule has 1 atom stereocenters. The second kappa shape index (κ2) is 8.85. The molecule has 160 valence electrons. The minimum absolute atomic E-state index is 0.0346. The average Bonchev–Trinajstić information content (AvgIpc) is 2.86. The van der Waals surface area contributed by atoms with Crippen molar-refractivity contribution in [2.24, 2.45) is 0 Å². The minimum atomic E-state index is -0.0346. The fourth-order valence-corrected chi connectivity index (χ4v) is 4.43. The van der Waals surface area contributed by atoms with Crippen molar-refractivity contribution in [3.8, 4) is 11.3 Å². The summed E-state index contributed by atoms with van der Waals surface area (Å²) in [6, 6.07) is 15.8. The standard InChI is InChI=1S/C26H25N5O/c1-18-4-2-5-20-11-13-30-25(24(18)20)31(22-6-3-12-27-16-22)26(32)21-9-7-19(8-10-21)23-17-28-14-15-29-23/h2,4-5,7-11,13-15,17,22,27H,3,6,12,16H2,1H3. The monoisotopic (exact) mass is 423 g/mol. The van der Waals surface area contributed by atoms with Gasteiger partial charge in [0.2, 0.25) is 0 Å². The maximum absolute atomic E-state index is 13.9. The van der Waals surface area contributed by atoms with Gasteiger partial charge in [0, 0.05) is 41.6 Å². The lowest BCUT2D eigenvalue weighted by molar-refractivity contribution is 0.0972. The van der Waals surface area contributed by atoms with Crippen LogP contribution in [-0.2, 0) is 0 Å². The number of pyridine rings is 1. The number of nitrogens with one attached hydrogen (secondary N) is 1. The molecule has 4 aromatic rings. The van der Waals surface area contributed by atoms with Gasteiger partial charge in [0.05, 0.1) is 17.9 Å². The molecule has 2 aromatic heterocycles. The Morgan fingerprint density at radius 1 is 1.03 bits per heavy atom. The van der Waals surface area contributed by atoms with Crippen LogP contribution in [0.2, 0.25) is 0 Å². The minimum Gasteiger partial charge on any atom is -0.315 e. The number of amides is 1. The number of aryl methyl sites for hydroxylation is 1. The number of carbonyl (C=O) groups excluding carboxylic acids is 1. The molecule has 0 spiro atoms. The fourth-order valence-electron chi connectivity index (χ4n) is 4.43. The Bertz CT molecular complexity index is 1230. The molecule has 0 bridgehead atoms. The largest absolute Gasteiger partial charge is 0.315 e. The van der Waals surface area contributed by atoms with Gasteiger partial charge in [-0.25, -0.2) is 4.98 Å². The predicted octanol–water partition coefficient (Wildman–Crippen LogP) is 4.40. The van der Waals surface area contributed by atoms with Gasteiger partial charge in [-0.15, -0.1) is 0 Å². The molecule has 0 saturated carbocycles. The highest BCUT2D eigenvalue weighted by atomic mass is 16.2. The van der Waals surface area contributed by atoms with Gasteiger partial charge in [-0.3, -0.25) is 19.7 Å². The molecule has 2 aromatic carbocycles. The zero-order valence-electron chi connectivity index (χ0n) is 18.0. The van der Waals surface area contributed by atoms with Crippen LogP contribution >= 0.6 is 0 Å². The molecular weight excluding hydrogens is 398 g/mol. The van der Waals surface area contributed by atoms with Crippen LogP contribution in [0.5, 0.6) is 0 Å². The zero-order chi connectivity index (χ0) is 21.9. The van der Waals surface area contributed by atoms with Crippen LogP contribution in [0.15, 0.2) is 73.3 Å². The van der Waals surface area contributed by atoms with E-state index >= 15 is 0 Å². The van der Waals surface area contributed by atoms with Crippen LogP contribution in [0.25, 0.3) is 22.0 Å². The number of nitrogens with zero attached hydrogens (tertiary/aromatic N) is 4. The normalized spacial score (nSPS) is 16.1. The van der Waals surface area contributed by atoms with Gasteiger partial charge in [0.15, 0.2) is 0 Å². The maximum atomic E-state index is 13.9.